The Hall–Kier alpha value is -2.68. The van der Waals surface area contributed by atoms with E-state index in [0.717, 1.165) is 27.7 Å². The highest BCUT2D eigenvalue weighted by Gasteiger charge is 2.17. The number of hydrogen-bond acceptors (Lipinski definition) is 1. The first-order valence-electron chi connectivity index (χ1n) is 7.43. The van der Waals surface area contributed by atoms with Crippen LogP contribution in [0.5, 0.6) is 5.75 Å². The van der Waals surface area contributed by atoms with Crippen molar-refractivity contribution < 1.29 is 5.11 Å². The van der Waals surface area contributed by atoms with E-state index in [4.69, 9.17) is 0 Å². The number of nitrogens with one attached hydrogen (secondary N) is 1. The summed E-state index contributed by atoms with van der Waals surface area (Å²) in [6.45, 7) is 4.23. The Morgan fingerprint density at radius 3 is 2.59 bits per heavy atom. The molecular formula is C19H18N2O. The zero-order valence-corrected chi connectivity index (χ0v) is 12.9. The van der Waals surface area contributed by atoms with Crippen LogP contribution < -0.4 is 0 Å². The maximum Gasteiger partial charge on any atom is 0.139 e. The van der Waals surface area contributed by atoms with Gasteiger partial charge >= 0.3 is 0 Å². The van der Waals surface area contributed by atoms with Gasteiger partial charge in [-0.1, -0.05) is 18.2 Å². The molecule has 0 atom stereocenters. The van der Waals surface area contributed by atoms with Gasteiger partial charge in [0, 0.05) is 35.1 Å². The van der Waals surface area contributed by atoms with Gasteiger partial charge in [0.15, 0.2) is 0 Å². The molecule has 3 nitrogen and oxygen atoms in total. The fourth-order valence-corrected chi connectivity index (χ4v) is 3.52. The van der Waals surface area contributed by atoms with E-state index in [1.807, 2.05) is 23.7 Å². The third-order valence-corrected chi connectivity index (χ3v) is 4.53. The van der Waals surface area contributed by atoms with Crippen LogP contribution in [0.1, 0.15) is 11.1 Å². The maximum absolute atomic E-state index is 10.2. The molecule has 2 aromatic heterocycles. The molecule has 22 heavy (non-hydrogen) atoms. The fraction of sp³-hybridized carbons (Fsp3) is 0.158. The summed E-state index contributed by atoms with van der Waals surface area (Å²) in [5, 5.41) is 12.6. The lowest BCUT2D eigenvalue weighted by Gasteiger charge is -2.07. The third kappa shape index (κ3) is 1.62. The van der Waals surface area contributed by atoms with Gasteiger partial charge in [-0.15, -0.1) is 0 Å². The second-order valence-corrected chi connectivity index (χ2v) is 5.95. The van der Waals surface area contributed by atoms with E-state index in [1.165, 1.54) is 16.5 Å². The molecule has 110 valence electrons. The number of rotatable bonds is 1. The lowest BCUT2D eigenvalue weighted by atomic mass is 10.0. The first kappa shape index (κ1) is 13.0. The molecule has 0 aliphatic rings. The molecule has 0 radical (unpaired) electrons. The van der Waals surface area contributed by atoms with Crippen molar-refractivity contribution in [2.45, 2.75) is 13.8 Å². The average Bonchev–Trinajstić information content (AvgIpc) is 2.99. The van der Waals surface area contributed by atoms with Crippen LogP contribution in [0.2, 0.25) is 0 Å². The number of benzene rings is 2. The number of fused-ring (bicyclic) bond motifs is 2. The highest BCUT2D eigenvalue weighted by molar-refractivity contribution is 6.03. The second-order valence-electron chi connectivity index (χ2n) is 5.95. The number of aromatic nitrogens is 2. The number of nitrogens with zero attached hydrogens (tertiary/aromatic N) is 1. The fourth-order valence-electron chi connectivity index (χ4n) is 3.52. The molecule has 0 aliphatic carbocycles. The van der Waals surface area contributed by atoms with Crippen LogP contribution in [0.4, 0.5) is 0 Å². The number of H-pyrrole nitrogens is 1. The van der Waals surface area contributed by atoms with Crippen LogP contribution >= 0.6 is 0 Å². The summed E-state index contributed by atoms with van der Waals surface area (Å²) in [5.41, 5.74) is 6.70. The monoisotopic (exact) mass is 290 g/mol. The van der Waals surface area contributed by atoms with Gasteiger partial charge in [0.1, 0.15) is 5.75 Å². The molecule has 4 rings (SSSR count). The van der Waals surface area contributed by atoms with Crippen molar-refractivity contribution in [3.05, 3.63) is 53.7 Å². The molecule has 0 saturated carbocycles. The molecule has 2 aromatic carbocycles. The Labute approximate surface area is 128 Å². The largest absolute Gasteiger partial charge is 0.506 e. The summed E-state index contributed by atoms with van der Waals surface area (Å²) in [4.78, 5) is 3.54. The number of aryl methyl sites for hydroxylation is 3. The Morgan fingerprint density at radius 2 is 1.82 bits per heavy atom. The number of para-hydroxylation sites is 1. The number of phenols is 1. The Bertz CT molecular complexity index is 1020. The molecule has 0 fully saturated rings. The molecule has 0 saturated heterocycles. The highest BCUT2D eigenvalue weighted by atomic mass is 16.3. The Kier molecular flexibility index (Phi) is 2.61. The van der Waals surface area contributed by atoms with E-state index >= 15 is 0 Å². The van der Waals surface area contributed by atoms with Crippen molar-refractivity contribution in [3.8, 4) is 17.0 Å². The number of phenolic OH excluding ortho intramolecular Hbond substituents is 1. The average molecular weight is 290 g/mol. The number of aromatic amines is 1. The van der Waals surface area contributed by atoms with Gasteiger partial charge in [0.2, 0.25) is 0 Å². The van der Waals surface area contributed by atoms with Crippen molar-refractivity contribution in [1.82, 2.24) is 9.55 Å². The molecular weight excluding hydrogens is 272 g/mol. The number of hydrogen-bond donors (Lipinski definition) is 2. The lowest BCUT2D eigenvalue weighted by Crippen LogP contribution is -1.87. The summed E-state index contributed by atoms with van der Waals surface area (Å²) >= 11 is 0. The van der Waals surface area contributed by atoms with Gasteiger partial charge in [-0.3, -0.25) is 0 Å². The second kappa shape index (κ2) is 4.41. The van der Waals surface area contributed by atoms with Crippen molar-refractivity contribution in [3.63, 3.8) is 0 Å². The lowest BCUT2D eigenvalue weighted by molar-refractivity contribution is 0.479. The summed E-state index contributed by atoms with van der Waals surface area (Å²) in [7, 11) is 1.97. The summed E-state index contributed by atoms with van der Waals surface area (Å²) in [6.07, 6.45) is 2.06. The topological polar surface area (TPSA) is 41.0 Å². The highest BCUT2D eigenvalue weighted by Crippen LogP contribution is 2.39. The zero-order valence-electron chi connectivity index (χ0n) is 12.9. The van der Waals surface area contributed by atoms with E-state index in [9.17, 15) is 5.11 Å². The van der Waals surface area contributed by atoms with E-state index in [1.54, 1.807) is 6.07 Å². The van der Waals surface area contributed by atoms with Crippen LogP contribution in [-0.4, -0.2) is 14.7 Å². The molecule has 0 unspecified atom stereocenters. The quantitative estimate of drug-likeness (QED) is 0.526. The van der Waals surface area contributed by atoms with Crippen LogP contribution in [0, 0.1) is 13.8 Å². The Balaban J connectivity index is 2.13. The first-order valence-corrected chi connectivity index (χ1v) is 7.43. The SMILES string of the molecule is Cc1c(-c2ccc(O)c3c2c(C)cn3C)[nH]c2ccccc12. The van der Waals surface area contributed by atoms with Crippen molar-refractivity contribution in [1.29, 1.82) is 0 Å². The van der Waals surface area contributed by atoms with Crippen molar-refractivity contribution in [2.24, 2.45) is 7.05 Å². The van der Waals surface area contributed by atoms with Gasteiger partial charge in [0.25, 0.3) is 0 Å². The minimum atomic E-state index is 0.322. The maximum atomic E-state index is 10.2. The minimum Gasteiger partial charge on any atom is -0.506 e. The molecule has 3 heteroatoms. The predicted octanol–water partition coefficient (Wildman–Crippen LogP) is 4.65. The van der Waals surface area contributed by atoms with E-state index in [2.05, 4.69) is 43.2 Å². The molecule has 0 bridgehead atoms. The van der Waals surface area contributed by atoms with Crippen LogP contribution in [-0.2, 0) is 7.05 Å². The molecule has 4 aromatic rings. The van der Waals surface area contributed by atoms with E-state index < -0.39 is 0 Å². The molecule has 2 heterocycles. The van der Waals surface area contributed by atoms with Crippen LogP contribution in [0.15, 0.2) is 42.6 Å². The minimum absolute atomic E-state index is 0.322. The number of aromatic hydroxyl groups is 1. The summed E-state index contributed by atoms with van der Waals surface area (Å²) in [5.74, 6) is 0.322. The molecule has 0 aliphatic heterocycles. The van der Waals surface area contributed by atoms with Gasteiger partial charge in [0.05, 0.1) is 11.2 Å². The zero-order chi connectivity index (χ0) is 15.4. The van der Waals surface area contributed by atoms with Crippen molar-refractivity contribution in [2.75, 3.05) is 0 Å². The normalized spacial score (nSPS) is 11.6. The predicted molar refractivity (Wildman–Crippen MR) is 91.4 cm³/mol. The molecule has 2 N–H and O–H groups in total. The van der Waals surface area contributed by atoms with Gasteiger partial charge in [-0.25, -0.2) is 0 Å². The van der Waals surface area contributed by atoms with E-state index in [0.29, 0.717) is 5.75 Å². The molecule has 0 amide bonds. The van der Waals surface area contributed by atoms with Crippen LogP contribution in [0.3, 0.4) is 0 Å². The summed E-state index contributed by atoms with van der Waals surface area (Å²) < 4.78 is 1.99. The van der Waals surface area contributed by atoms with Gasteiger partial charge in [-0.2, -0.15) is 0 Å². The standard InChI is InChI=1S/C19H18N2O/c1-11-10-21(3)19-16(22)9-8-14(17(11)19)18-12(2)13-6-4-5-7-15(13)20-18/h4-10,20,22H,1-3H3. The molecule has 0 spiro atoms. The van der Waals surface area contributed by atoms with Gasteiger partial charge < -0.3 is 14.7 Å². The van der Waals surface area contributed by atoms with Crippen LogP contribution in [0.25, 0.3) is 33.1 Å². The first-order chi connectivity index (χ1) is 10.6. The van der Waals surface area contributed by atoms with E-state index in [-0.39, 0.29) is 0 Å². The smallest absolute Gasteiger partial charge is 0.139 e. The Morgan fingerprint density at radius 1 is 1.05 bits per heavy atom. The third-order valence-electron chi connectivity index (χ3n) is 4.53. The van der Waals surface area contributed by atoms with Gasteiger partial charge in [-0.05, 0) is 43.2 Å². The summed E-state index contributed by atoms with van der Waals surface area (Å²) in [6, 6.07) is 12.1. The van der Waals surface area contributed by atoms with Crippen molar-refractivity contribution >= 4 is 21.8 Å².